The fourth-order valence-electron chi connectivity index (χ4n) is 2.23. The zero-order chi connectivity index (χ0) is 28.9. The standard InChI is InChI=1S/C16H13F15O4/c1-9(2,3)8(35-7(34)5-4-6(32)33)10(17,18)11(19,20)12(21,22)13(23,24)14(25,26)15(27,28)16(29,30)31/h4-5,8H,1-3H3,(H,32,33)/p-1/b5-4+. The molecule has 1 atom stereocenters. The van der Waals surface area contributed by atoms with Gasteiger partial charge >= 0.3 is 47.7 Å². The number of esters is 1. The number of carbonyl (C=O) groups excluding carboxylic acids is 2. The van der Waals surface area contributed by atoms with Crippen molar-refractivity contribution in [2.45, 2.75) is 68.6 Å². The molecule has 0 aromatic heterocycles. The molecule has 0 aliphatic rings. The number of aliphatic carboxylic acids is 1. The Labute approximate surface area is 184 Å². The molecule has 0 bridgehead atoms. The minimum Gasteiger partial charge on any atom is -0.545 e. The van der Waals surface area contributed by atoms with Gasteiger partial charge in [0.15, 0.2) is 6.10 Å². The summed E-state index contributed by atoms with van der Waals surface area (Å²) in [5, 5.41) is 10.2. The van der Waals surface area contributed by atoms with Crippen molar-refractivity contribution in [1.82, 2.24) is 0 Å². The lowest BCUT2D eigenvalue weighted by molar-refractivity contribution is -0.456. The molecule has 19 heteroatoms. The van der Waals surface area contributed by atoms with Crippen molar-refractivity contribution in [2.24, 2.45) is 5.41 Å². The first-order valence-corrected chi connectivity index (χ1v) is 8.37. The second kappa shape index (κ2) is 8.94. The van der Waals surface area contributed by atoms with Crippen LogP contribution in [0.5, 0.6) is 0 Å². The number of carboxylic acid groups (broad SMARTS) is 1. The van der Waals surface area contributed by atoms with Crippen molar-refractivity contribution >= 4 is 11.9 Å². The number of carboxylic acids is 1. The number of hydrogen-bond acceptors (Lipinski definition) is 4. The van der Waals surface area contributed by atoms with E-state index in [4.69, 9.17) is 0 Å². The third-order valence-electron chi connectivity index (χ3n) is 4.06. The number of alkyl halides is 15. The number of rotatable bonds is 9. The van der Waals surface area contributed by atoms with Gasteiger partial charge in [-0.15, -0.1) is 0 Å². The number of ether oxygens (including phenoxy) is 1. The van der Waals surface area contributed by atoms with Gasteiger partial charge in [0, 0.05) is 11.5 Å². The van der Waals surface area contributed by atoms with E-state index in [9.17, 15) is 80.6 Å². The summed E-state index contributed by atoms with van der Waals surface area (Å²) in [5.41, 5.74) is -2.69. The van der Waals surface area contributed by atoms with E-state index in [0.717, 1.165) is 0 Å². The Balaban J connectivity index is 6.84. The summed E-state index contributed by atoms with van der Waals surface area (Å²) in [7, 11) is 0. The molecule has 0 saturated heterocycles. The second-order valence-corrected chi connectivity index (χ2v) is 7.83. The molecular weight excluding hydrogens is 541 g/mol. The predicted octanol–water partition coefficient (Wildman–Crippen LogP) is 4.62. The fraction of sp³-hybridized carbons (Fsp3) is 0.750. The van der Waals surface area contributed by atoms with Gasteiger partial charge in [0.25, 0.3) is 0 Å². The van der Waals surface area contributed by atoms with Gasteiger partial charge in [0.2, 0.25) is 0 Å². The molecule has 35 heavy (non-hydrogen) atoms. The minimum absolute atomic E-state index is 0.263. The number of hydrogen-bond donors (Lipinski definition) is 0. The monoisotopic (exact) mass is 553 g/mol. The molecule has 4 nitrogen and oxygen atoms in total. The summed E-state index contributed by atoms with van der Waals surface area (Å²) in [6.07, 6.45) is -12.3. The number of halogens is 15. The molecule has 1 unspecified atom stereocenters. The largest absolute Gasteiger partial charge is 0.545 e. The van der Waals surface area contributed by atoms with Gasteiger partial charge in [-0.1, -0.05) is 20.8 Å². The van der Waals surface area contributed by atoms with E-state index in [1.807, 2.05) is 0 Å². The van der Waals surface area contributed by atoms with Crippen LogP contribution in [0.3, 0.4) is 0 Å². The van der Waals surface area contributed by atoms with Gasteiger partial charge in [-0.3, -0.25) is 0 Å². The Morgan fingerprint density at radius 1 is 0.629 bits per heavy atom. The first-order valence-electron chi connectivity index (χ1n) is 8.37. The predicted molar refractivity (Wildman–Crippen MR) is 79.2 cm³/mol. The third kappa shape index (κ3) is 5.26. The summed E-state index contributed by atoms with van der Waals surface area (Å²) in [6, 6.07) is 0. The lowest BCUT2D eigenvalue weighted by atomic mass is 9.80. The van der Waals surface area contributed by atoms with Crippen molar-refractivity contribution in [3.63, 3.8) is 0 Å². The maximum absolute atomic E-state index is 14.4. The molecule has 0 aliphatic heterocycles. The smallest absolute Gasteiger partial charge is 0.460 e. The lowest BCUT2D eigenvalue weighted by Crippen LogP contribution is -2.74. The van der Waals surface area contributed by atoms with Gasteiger partial charge in [0.1, 0.15) is 0 Å². The van der Waals surface area contributed by atoms with Crippen molar-refractivity contribution in [2.75, 3.05) is 0 Å². The second-order valence-electron chi connectivity index (χ2n) is 7.83. The zero-order valence-corrected chi connectivity index (χ0v) is 17.0. The van der Waals surface area contributed by atoms with Crippen LogP contribution in [0.1, 0.15) is 20.8 Å². The number of carbonyl (C=O) groups is 2. The SMILES string of the molecule is CC(C)(C)C(OC(=O)/C=C/C(=O)[O-])C(F)(F)C(F)(F)C(F)(F)C(F)(F)C(F)(F)C(F)(F)C(F)(F)F. The van der Waals surface area contributed by atoms with Gasteiger partial charge in [-0.25, -0.2) is 4.79 Å². The van der Waals surface area contributed by atoms with Crippen LogP contribution in [0.2, 0.25) is 0 Å². The summed E-state index contributed by atoms with van der Waals surface area (Å²) in [5.74, 6) is -52.7. The highest BCUT2D eigenvalue weighted by molar-refractivity contribution is 5.90. The summed E-state index contributed by atoms with van der Waals surface area (Å²) in [6.45, 7) is 1.21. The quantitative estimate of drug-likeness (QED) is 0.238. The Morgan fingerprint density at radius 3 is 1.29 bits per heavy atom. The van der Waals surface area contributed by atoms with Crippen molar-refractivity contribution < 1.29 is 85.3 Å². The van der Waals surface area contributed by atoms with Crippen LogP contribution in [0.15, 0.2) is 12.2 Å². The highest BCUT2D eigenvalue weighted by Crippen LogP contribution is 2.63. The van der Waals surface area contributed by atoms with E-state index < -0.39 is 65.2 Å². The van der Waals surface area contributed by atoms with Crippen molar-refractivity contribution in [3.05, 3.63) is 12.2 Å². The Bertz CT molecular complexity index is 837. The fourth-order valence-corrected chi connectivity index (χ4v) is 2.23. The molecule has 0 aromatic rings. The molecule has 0 fully saturated rings. The lowest BCUT2D eigenvalue weighted by Gasteiger charge is -2.44. The summed E-state index contributed by atoms with van der Waals surface area (Å²) in [4.78, 5) is 21.5. The van der Waals surface area contributed by atoms with Crippen LogP contribution < -0.4 is 5.11 Å². The normalized spacial score (nSPS) is 16.4. The molecule has 0 saturated carbocycles. The molecule has 0 spiro atoms. The van der Waals surface area contributed by atoms with Crippen LogP contribution in [0.25, 0.3) is 0 Å². The van der Waals surface area contributed by atoms with Crippen molar-refractivity contribution in [1.29, 1.82) is 0 Å². The van der Waals surface area contributed by atoms with E-state index in [1.54, 1.807) is 0 Å². The van der Waals surface area contributed by atoms with Crippen LogP contribution in [0, 0.1) is 5.41 Å². The average Bonchev–Trinajstić information content (AvgIpc) is 2.61. The molecule has 0 aliphatic carbocycles. The van der Waals surface area contributed by atoms with Gasteiger partial charge in [-0.05, 0) is 6.08 Å². The maximum Gasteiger partial charge on any atom is 0.460 e. The molecular formula is C16H12F15O4-. The molecule has 0 radical (unpaired) electrons. The van der Waals surface area contributed by atoms with Crippen molar-refractivity contribution in [3.8, 4) is 0 Å². The van der Waals surface area contributed by atoms with Gasteiger partial charge in [0.05, 0.1) is 5.97 Å². The molecule has 0 aromatic carbocycles. The minimum atomic E-state index is -8.49. The van der Waals surface area contributed by atoms with E-state index in [2.05, 4.69) is 4.74 Å². The van der Waals surface area contributed by atoms with Gasteiger partial charge in [-0.2, -0.15) is 65.9 Å². The van der Waals surface area contributed by atoms with E-state index in [0.29, 0.717) is 20.8 Å². The highest BCUT2D eigenvalue weighted by Gasteiger charge is 2.94. The molecule has 206 valence electrons. The Kier molecular flexibility index (Phi) is 8.33. The van der Waals surface area contributed by atoms with Crippen LogP contribution in [-0.4, -0.2) is 59.8 Å². The average molecular weight is 553 g/mol. The Hall–Kier alpha value is -2.37. The zero-order valence-electron chi connectivity index (χ0n) is 17.0. The summed E-state index contributed by atoms with van der Waals surface area (Å²) >= 11 is 0. The molecule has 0 heterocycles. The van der Waals surface area contributed by atoms with Gasteiger partial charge < -0.3 is 14.6 Å². The molecule has 0 N–H and O–H groups in total. The van der Waals surface area contributed by atoms with E-state index in [-0.39, 0.29) is 12.2 Å². The third-order valence-corrected chi connectivity index (χ3v) is 4.06. The Morgan fingerprint density at radius 2 is 0.971 bits per heavy atom. The highest BCUT2D eigenvalue weighted by atomic mass is 19.4. The summed E-state index contributed by atoms with van der Waals surface area (Å²) < 4.78 is 204. The topological polar surface area (TPSA) is 66.4 Å². The maximum atomic E-state index is 14.4. The molecule has 0 rings (SSSR count). The van der Waals surface area contributed by atoms with Crippen LogP contribution in [-0.2, 0) is 14.3 Å². The van der Waals surface area contributed by atoms with E-state index in [1.165, 1.54) is 0 Å². The van der Waals surface area contributed by atoms with Crippen LogP contribution in [0.4, 0.5) is 65.9 Å². The first kappa shape index (κ1) is 32.6. The van der Waals surface area contributed by atoms with E-state index >= 15 is 0 Å². The molecule has 0 amide bonds. The van der Waals surface area contributed by atoms with Crippen LogP contribution >= 0.6 is 0 Å². The first-order chi connectivity index (χ1) is 14.9.